The second-order valence-electron chi connectivity index (χ2n) is 17.5. The van der Waals surface area contributed by atoms with Crippen LogP contribution in [0.15, 0.2) is 40.6 Å². The topological polar surface area (TPSA) is 109 Å². The van der Waals surface area contributed by atoms with Crippen molar-refractivity contribution < 1.29 is 38.1 Å². The van der Waals surface area contributed by atoms with E-state index in [9.17, 15) is 9.90 Å². The molecule has 3 saturated carbocycles. The van der Waals surface area contributed by atoms with Gasteiger partial charge < -0.3 is 33.3 Å². The number of methoxy groups -OCH3 is 2. The van der Waals surface area contributed by atoms with Crippen molar-refractivity contribution in [3.8, 4) is 41.1 Å². The maximum atomic E-state index is 13.5. The minimum absolute atomic E-state index is 0.0452. The third kappa shape index (κ3) is 5.01. The number of carbonyl (C=O) groups is 1. The normalized spacial score (nSPS) is 34.9. The summed E-state index contributed by atoms with van der Waals surface area (Å²) in [7, 11) is 3.16. The van der Waals surface area contributed by atoms with Crippen LogP contribution in [0.2, 0.25) is 0 Å². The summed E-state index contributed by atoms with van der Waals surface area (Å²) < 4.78 is 34.6. The van der Waals surface area contributed by atoms with Crippen molar-refractivity contribution in [3.05, 3.63) is 64.0 Å². The predicted octanol–water partition coefficient (Wildman–Crippen LogP) is 8.00. The second kappa shape index (κ2) is 12.6. The lowest BCUT2D eigenvalue weighted by Crippen LogP contribution is -2.54. The molecule has 0 spiro atoms. The summed E-state index contributed by atoms with van der Waals surface area (Å²) in [5.41, 5.74) is 4.36. The Kier molecular flexibility index (Phi) is 8.21. The van der Waals surface area contributed by atoms with E-state index in [0.717, 1.165) is 67.6 Å². The van der Waals surface area contributed by atoms with Gasteiger partial charge in [0.25, 0.3) is 0 Å². The van der Waals surface area contributed by atoms with Gasteiger partial charge in [0, 0.05) is 34.6 Å². The molecule has 284 valence electrons. The van der Waals surface area contributed by atoms with Crippen LogP contribution in [0.25, 0.3) is 6.08 Å². The quantitative estimate of drug-likeness (QED) is 0.268. The number of rotatable bonds is 3. The molecule has 2 aromatic carbocycles. The summed E-state index contributed by atoms with van der Waals surface area (Å²) in [5, 5.41) is 15.1. The maximum absolute atomic E-state index is 13.5. The number of aromatic nitrogens is 1. The van der Waals surface area contributed by atoms with Crippen LogP contribution in [0.5, 0.6) is 28.7 Å². The highest BCUT2D eigenvalue weighted by molar-refractivity contribution is 6.06. The van der Waals surface area contributed by atoms with Gasteiger partial charge in [-0.15, -0.1) is 6.42 Å². The highest BCUT2D eigenvalue weighted by Crippen LogP contribution is 2.67. The number of fused-ring (bicyclic) bond motifs is 12. The number of allylic oxidation sites excluding steroid dienone is 1. The van der Waals surface area contributed by atoms with E-state index in [4.69, 9.17) is 34.6 Å². The fourth-order valence-electron chi connectivity index (χ4n) is 11.6. The Morgan fingerprint density at radius 2 is 1.80 bits per heavy atom. The number of hydrogen-bond donors (Lipinski definition) is 1. The van der Waals surface area contributed by atoms with Crippen molar-refractivity contribution in [3.63, 3.8) is 0 Å². The van der Waals surface area contributed by atoms with Gasteiger partial charge in [-0.25, -0.2) is 0 Å². The molecule has 9 unspecified atom stereocenters. The number of ether oxygens (including phenoxy) is 5. The zero-order valence-electron chi connectivity index (χ0n) is 32.2. The van der Waals surface area contributed by atoms with Crippen molar-refractivity contribution in [2.75, 3.05) is 20.8 Å². The number of aliphatic hydroxyl groups is 1. The van der Waals surface area contributed by atoms with Gasteiger partial charge in [-0.05, 0) is 98.3 Å². The highest BCUT2D eigenvalue weighted by Gasteiger charge is 2.63. The Hall–Kier alpha value is -4.42. The lowest BCUT2D eigenvalue weighted by atomic mass is 9.46. The molecule has 0 saturated heterocycles. The fraction of sp³-hybridized carbons (Fsp3) is 0.556. The molecule has 0 bridgehead atoms. The Morgan fingerprint density at radius 1 is 1.02 bits per heavy atom. The van der Waals surface area contributed by atoms with E-state index in [2.05, 4.69) is 44.8 Å². The minimum Gasteiger partial charge on any atom is -0.493 e. The first-order chi connectivity index (χ1) is 25.9. The molecule has 0 amide bonds. The van der Waals surface area contributed by atoms with Crippen LogP contribution in [0, 0.1) is 46.8 Å². The molecule has 1 N–H and O–H groups in total. The summed E-state index contributed by atoms with van der Waals surface area (Å²) in [6.45, 7) is 9.29. The Bertz CT molecular complexity index is 2090. The molecule has 3 fully saturated rings. The largest absolute Gasteiger partial charge is 0.493 e. The lowest BCUT2D eigenvalue weighted by molar-refractivity contribution is -0.0975. The first-order valence-corrected chi connectivity index (χ1v) is 19.7. The van der Waals surface area contributed by atoms with Crippen molar-refractivity contribution in [1.82, 2.24) is 5.16 Å². The molecule has 3 aliphatic heterocycles. The van der Waals surface area contributed by atoms with Gasteiger partial charge in [0.05, 0.1) is 31.9 Å². The van der Waals surface area contributed by atoms with Crippen LogP contribution in [0.1, 0.15) is 105 Å². The van der Waals surface area contributed by atoms with Gasteiger partial charge >= 0.3 is 0 Å². The number of carbonyl (C=O) groups excluding carboxylic acids is 1. The maximum Gasteiger partial charge on any atom is 0.178 e. The van der Waals surface area contributed by atoms with E-state index in [1.807, 2.05) is 24.4 Å². The van der Waals surface area contributed by atoms with Gasteiger partial charge in [-0.2, -0.15) is 0 Å². The third-order valence-electron chi connectivity index (χ3n) is 14.8. The number of benzene rings is 2. The SMILES string of the molecule is C#CC1(O)CCC2C3CCC4=Cc5oncc5CC4(C)C3CCC21C.COc1cc2c(cc1OC)C1C(=O)c3ccc4c(c3OC1CO2)CC(C(C)C)O4. The summed E-state index contributed by atoms with van der Waals surface area (Å²) in [5.74, 6) is 8.88. The van der Waals surface area contributed by atoms with Crippen LogP contribution in [-0.4, -0.2) is 54.7 Å². The summed E-state index contributed by atoms with van der Waals surface area (Å²) in [6.07, 6.45) is 17.9. The van der Waals surface area contributed by atoms with Crippen LogP contribution in [-0.2, 0) is 12.8 Å². The van der Waals surface area contributed by atoms with Crippen LogP contribution in [0.4, 0.5) is 0 Å². The van der Waals surface area contributed by atoms with E-state index in [0.29, 0.717) is 58.8 Å². The fourth-order valence-corrected chi connectivity index (χ4v) is 11.6. The van der Waals surface area contributed by atoms with E-state index in [1.54, 1.807) is 25.9 Å². The van der Waals surface area contributed by atoms with Gasteiger partial charge in [0.1, 0.15) is 41.7 Å². The number of nitrogens with zero attached hydrogens (tertiary/aromatic N) is 1. The lowest BCUT2D eigenvalue weighted by Gasteiger charge is -2.58. The molecule has 1 aromatic heterocycles. The van der Waals surface area contributed by atoms with Crippen molar-refractivity contribution >= 4 is 11.9 Å². The van der Waals surface area contributed by atoms with E-state index >= 15 is 0 Å². The van der Waals surface area contributed by atoms with E-state index in [1.165, 1.54) is 12.0 Å². The Labute approximate surface area is 317 Å². The molecule has 54 heavy (non-hydrogen) atoms. The number of terminal acetylenes is 1. The minimum atomic E-state index is -0.909. The highest BCUT2D eigenvalue weighted by atomic mass is 16.5. The van der Waals surface area contributed by atoms with Gasteiger partial charge in [-0.3, -0.25) is 4.79 Å². The van der Waals surface area contributed by atoms with Crippen molar-refractivity contribution in [2.24, 2.45) is 34.5 Å². The van der Waals surface area contributed by atoms with E-state index < -0.39 is 11.5 Å². The summed E-state index contributed by atoms with van der Waals surface area (Å²) in [6, 6.07) is 7.32. The molecular formula is C45H51NO8. The first kappa shape index (κ1) is 35.3. The van der Waals surface area contributed by atoms with Gasteiger partial charge in [0.15, 0.2) is 23.0 Å². The zero-order valence-corrected chi connectivity index (χ0v) is 32.2. The van der Waals surface area contributed by atoms with Gasteiger partial charge in [0.2, 0.25) is 0 Å². The molecule has 4 aliphatic carbocycles. The van der Waals surface area contributed by atoms with Gasteiger partial charge in [-0.1, -0.05) is 44.3 Å². The summed E-state index contributed by atoms with van der Waals surface area (Å²) in [4.78, 5) is 13.5. The molecule has 3 aromatic rings. The molecule has 7 aliphatic rings. The number of hydrogen-bond acceptors (Lipinski definition) is 9. The Balaban J connectivity index is 0.000000144. The average molecular weight is 734 g/mol. The molecule has 0 radical (unpaired) electrons. The average Bonchev–Trinajstić information content (AvgIpc) is 3.89. The van der Waals surface area contributed by atoms with E-state index in [-0.39, 0.29) is 28.8 Å². The second-order valence-corrected chi connectivity index (χ2v) is 17.5. The number of ketones is 1. The van der Waals surface area contributed by atoms with Crippen LogP contribution in [0.3, 0.4) is 0 Å². The molecule has 9 nitrogen and oxygen atoms in total. The smallest absolute Gasteiger partial charge is 0.178 e. The molecule has 9 heteroatoms. The summed E-state index contributed by atoms with van der Waals surface area (Å²) >= 11 is 0. The third-order valence-corrected chi connectivity index (χ3v) is 14.8. The predicted molar refractivity (Wildman–Crippen MR) is 202 cm³/mol. The monoisotopic (exact) mass is 733 g/mol. The van der Waals surface area contributed by atoms with Crippen LogP contribution < -0.4 is 23.7 Å². The van der Waals surface area contributed by atoms with Crippen molar-refractivity contribution in [1.29, 1.82) is 0 Å². The molecular weight excluding hydrogens is 682 g/mol. The van der Waals surface area contributed by atoms with Crippen molar-refractivity contribution in [2.45, 2.75) is 103 Å². The zero-order chi connectivity index (χ0) is 37.7. The molecule has 9 atom stereocenters. The Morgan fingerprint density at radius 3 is 2.56 bits per heavy atom. The standard InChI is InChI=1S/C23H24O6.C22H27NO2/c1-11(2)16-8-14-15(28-16)6-5-12-22(24)21-13-7-18(25-3)19(26-4)9-17(13)27-10-20(21)29-23(12)14;1-4-22(24)10-8-18-16-6-5-15-11-19-14(13-23-25-19)12-20(15,2)17(16)7-9-21(18,22)3/h5-7,9,11,16,20-21H,8,10H2,1-4H3;1,11,13,16-18,24H,5-10,12H2,2-3H3. The van der Waals surface area contributed by atoms with Crippen LogP contribution >= 0.6 is 0 Å². The number of Topliss-reactive ketones (excluding diaryl/α,β-unsaturated/α-hetero) is 1. The molecule has 4 heterocycles. The first-order valence-electron chi connectivity index (χ1n) is 19.7. The molecule has 10 rings (SSSR count).